The van der Waals surface area contributed by atoms with E-state index in [1.807, 2.05) is 38.1 Å². The molecule has 1 N–H and O–H groups in total. The second kappa shape index (κ2) is 7.86. The summed E-state index contributed by atoms with van der Waals surface area (Å²) in [7, 11) is 3.75. The van der Waals surface area contributed by atoms with Crippen LogP contribution in [0.3, 0.4) is 0 Å². The molecule has 1 aliphatic heterocycles. The number of hydrogen-bond acceptors (Lipinski definition) is 6. The normalized spacial score (nSPS) is 17.5. The summed E-state index contributed by atoms with van der Waals surface area (Å²) >= 11 is 0. The Hall–Kier alpha value is -2.41. The van der Waals surface area contributed by atoms with Gasteiger partial charge in [-0.3, -0.25) is 9.69 Å². The molecule has 1 saturated heterocycles. The summed E-state index contributed by atoms with van der Waals surface area (Å²) in [5, 5.41) is 7.09. The Labute approximate surface area is 154 Å². The number of anilines is 2. The van der Waals surface area contributed by atoms with Crippen molar-refractivity contribution in [2.75, 3.05) is 37.4 Å². The minimum absolute atomic E-state index is 0.00414. The number of para-hydroxylation sites is 1. The average molecular weight is 357 g/mol. The zero-order chi connectivity index (χ0) is 18.7. The maximum absolute atomic E-state index is 12.7. The lowest BCUT2D eigenvalue weighted by Gasteiger charge is -2.21. The highest BCUT2D eigenvalue weighted by Crippen LogP contribution is 2.31. The number of likely N-dealkylation sites (tertiary alicyclic amines) is 1. The fourth-order valence-corrected chi connectivity index (χ4v) is 3.40. The highest BCUT2D eigenvalue weighted by Gasteiger charge is 2.32. The minimum atomic E-state index is -0.00625. The molecule has 1 aromatic carbocycles. The minimum Gasteiger partial charge on any atom is -0.344 e. The molecule has 7 nitrogen and oxygen atoms in total. The summed E-state index contributed by atoms with van der Waals surface area (Å²) < 4.78 is 5.42. The number of aromatic nitrogens is 2. The number of benzene rings is 1. The predicted molar refractivity (Wildman–Crippen MR) is 101 cm³/mol. The lowest BCUT2D eigenvalue weighted by Crippen LogP contribution is -2.33. The van der Waals surface area contributed by atoms with Crippen LogP contribution in [0.25, 0.3) is 0 Å². The van der Waals surface area contributed by atoms with Gasteiger partial charge in [-0.1, -0.05) is 25.1 Å². The van der Waals surface area contributed by atoms with E-state index in [1.165, 1.54) is 0 Å². The SMILES string of the molecule is CCc1cccc(C)c1NC(=O)CN1CCCC1c1nc(N(C)C)no1. The van der Waals surface area contributed by atoms with Crippen molar-refractivity contribution in [3.05, 3.63) is 35.2 Å². The smallest absolute Gasteiger partial charge is 0.265 e. The molecular weight excluding hydrogens is 330 g/mol. The first-order valence-corrected chi connectivity index (χ1v) is 9.13. The molecule has 7 heteroatoms. The number of carbonyl (C=O) groups excluding carboxylic acids is 1. The first kappa shape index (κ1) is 18.4. The van der Waals surface area contributed by atoms with Gasteiger partial charge >= 0.3 is 0 Å². The van der Waals surface area contributed by atoms with Gasteiger partial charge in [-0.2, -0.15) is 4.98 Å². The van der Waals surface area contributed by atoms with Gasteiger partial charge in [0.05, 0.1) is 12.6 Å². The number of hydrogen-bond donors (Lipinski definition) is 1. The molecule has 3 rings (SSSR count). The summed E-state index contributed by atoms with van der Waals surface area (Å²) in [6, 6.07) is 6.11. The van der Waals surface area contributed by atoms with Crippen LogP contribution in [-0.2, 0) is 11.2 Å². The molecule has 0 aliphatic carbocycles. The lowest BCUT2D eigenvalue weighted by atomic mass is 10.1. The molecular formula is C19H27N5O2. The van der Waals surface area contributed by atoms with Crippen molar-refractivity contribution >= 4 is 17.5 Å². The van der Waals surface area contributed by atoms with Gasteiger partial charge < -0.3 is 14.7 Å². The topological polar surface area (TPSA) is 74.5 Å². The largest absolute Gasteiger partial charge is 0.344 e. The molecule has 1 unspecified atom stereocenters. The average Bonchev–Trinajstić information content (AvgIpc) is 3.25. The third-order valence-corrected chi connectivity index (χ3v) is 4.83. The van der Waals surface area contributed by atoms with Crippen LogP contribution in [0, 0.1) is 6.92 Å². The van der Waals surface area contributed by atoms with Gasteiger partial charge in [0.1, 0.15) is 0 Å². The van der Waals surface area contributed by atoms with E-state index in [9.17, 15) is 4.79 Å². The predicted octanol–water partition coefficient (Wildman–Crippen LogP) is 2.78. The zero-order valence-corrected chi connectivity index (χ0v) is 16.0. The molecule has 0 spiro atoms. The van der Waals surface area contributed by atoms with Crippen LogP contribution in [0.1, 0.15) is 42.8 Å². The van der Waals surface area contributed by atoms with E-state index in [4.69, 9.17) is 4.52 Å². The molecule has 26 heavy (non-hydrogen) atoms. The zero-order valence-electron chi connectivity index (χ0n) is 16.0. The monoisotopic (exact) mass is 357 g/mol. The molecule has 2 aromatic rings. The summed E-state index contributed by atoms with van der Waals surface area (Å²) in [5.41, 5.74) is 3.18. The van der Waals surface area contributed by atoms with Gasteiger partial charge in [0.25, 0.3) is 5.95 Å². The van der Waals surface area contributed by atoms with Crippen molar-refractivity contribution in [2.24, 2.45) is 0 Å². The van der Waals surface area contributed by atoms with Crippen molar-refractivity contribution in [1.82, 2.24) is 15.0 Å². The highest BCUT2D eigenvalue weighted by atomic mass is 16.5. The van der Waals surface area contributed by atoms with Crippen LogP contribution in [0.4, 0.5) is 11.6 Å². The van der Waals surface area contributed by atoms with E-state index in [0.717, 1.165) is 42.6 Å². The maximum Gasteiger partial charge on any atom is 0.265 e. The Morgan fingerprint density at radius 2 is 2.23 bits per heavy atom. The van der Waals surface area contributed by atoms with Crippen LogP contribution < -0.4 is 10.2 Å². The lowest BCUT2D eigenvalue weighted by molar-refractivity contribution is -0.117. The number of aryl methyl sites for hydroxylation is 2. The van der Waals surface area contributed by atoms with E-state index in [0.29, 0.717) is 18.4 Å². The molecule has 0 saturated carbocycles. The fourth-order valence-electron chi connectivity index (χ4n) is 3.40. The quantitative estimate of drug-likeness (QED) is 0.857. The van der Waals surface area contributed by atoms with Crippen LogP contribution in [0.2, 0.25) is 0 Å². The van der Waals surface area contributed by atoms with Gasteiger partial charge in [-0.05, 0) is 49.0 Å². The first-order valence-electron chi connectivity index (χ1n) is 9.13. The van der Waals surface area contributed by atoms with E-state index < -0.39 is 0 Å². The van der Waals surface area contributed by atoms with Crippen molar-refractivity contribution in [3.63, 3.8) is 0 Å². The second-order valence-electron chi connectivity index (χ2n) is 6.97. The maximum atomic E-state index is 12.7. The van der Waals surface area contributed by atoms with Crippen LogP contribution in [-0.4, -0.2) is 48.1 Å². The third kappa shape index (κ3) is 3.88. The number of amides is 1. The molecule has 1 aliphatic rings. The molecule has 1 fully saturated rings. The summed E-state index contributed by atoms with van der Waals surface area (Å²) in [6.07, 6.45) is 2.83. The summed E-state index contributed by atoms with van der Waals surface area (Å²) in [6.45, 7) is 5.29. The molecule has 0 bridgehead atoms. The molecule has 0 radical (unpaired) electrons. The Morgan fingerprint density at radius 3 is 2.92 bits per heavy atom. The molecule has 1 amide bonds. The van der Waals surface area contributed by atoms with Crippen LogP contribution in [0.5, 0.6) is 0 Å². The fraction of sp³-hybridized carbons (Fsp3) is 0.526. The number of nitrogens with zero attached hydrogens (tertiary/aromatic N) is 4. The van der Waals surface area contributed by atoms with Crippen molar-refractivity contribution in [1.29, 1.82) is 0 Å². The highest BCUT2D eigenvalue weighted by molar-refractivity contribution is 5.93. The van der Waals surface area contributed by atoms with Crippen LogP contribution >= 0.6 is 0 Å². The van der Waals surface area contributed by atoms with Crippen molar-refractivity contribution in [3.8, 4) is 0 Å². The van der Waals surface area contributed by atoms with Gasteiger partial charge in [0.15, 0.2) is 0 Å². The van der Waals surface area contributed by atoms with E-state index in [1.54, 1.807) is 0 Å². The van der Waals surface area contributed by atoms with Crippen LogP contribution in [0.15, 0.2) is 22.7 Å². The van der Waals surface area contributed by atoms with Crippen molar-refractivity contribution in [2.45, 2.75) is 39.2 Å². The van der Waals surface area contributed by atoms with Gasteiger partial charge in [-0.15, -0.1) is 0 Å². The second-order valence-corrected chi connectivity index (χ2v) is 6.97. The molecule has 1 atom stereocenters. The Bertz CT molecular complexity index is 771. The number of rotatable bonds is 6. The molecule has 140 valence electrons. The third-order valence-electron chi connectivity index (χ3n) is 4.83. The number of carbonyl (C=O) groups is 1. The number of nitrogens with one attached hydrogen (secondary N) is 1. The Kier molecular flexibility index (Phi) is 5.56. The summed E-state index contributed by atoms with van der Waals surface area (Å²) in [5.74, 6) is 1.14. The van der Waals surface area contributed by atoms with Gasteiger partial charge in [0.2, 0.25) is 11.8 Å². The molecule has 2 heterocycles. The summed E-state index contributed by atoms with van der Waals surface area (Å²) in [4.78, 5) is 21.0. The van der Waals surface area contributed by atoms with Crippen molar-refractivity contribution < 1.29 is 9.32 Å². The standard InChI is InChI=1S/C19H27N5O2/c1-5-14-9-6-8-13(2)17(14)20-16(25)12-24-11-7-10-15(24)18-21-19(22-26-18)23(3)4/h6,8-9,15H,5,7,10-12H2,1-4H3,(H,20,25). The Balaban J connectivity index is 1.68. The van der Waals surface area contributed by atoms with E-state index in [2.05, 4.69) is 33.3 Å². The Morgan fingerprint density at radius 1 is 1.42 bits per heavy atom. The van der Waals surface area contributed by atoms with E-state index in [-0.39, 0.29) is 11.9 Å². The van der Waals surface area contributed by atoms with Gasteiger partial charge in [-0.25, -0.2) is 0 Å². The van der Waals surface area contributed by atoms with Gasteiger partial charge in [0, 0.05) is 19.8 Å². The first-order chi connectivity index (χ1) is 12.5. The molecule has 1 aromatic heterocycles. The van der Waals surface area contributed by atoms with E-state index >= 15 is 0 Å².